The van der Waals surface area contributed by atoms with Crippen molar-refractivity contribution in [1.82, 2.24) is 0 Å². The van der Waals surface area contributed by atoms with Crippen molar-refractivity contribution >= 4 is 14.3 Å². The average Bonchev–Trinajstić information content (AvgIpc) is 2.19. The van der Waals surface area contributed by atoms with Crippen molar-refractivity contribution in [1.29, 1.82) is 0 Å². The lowest BCUT2D eigenvalue weighted by Crippen LogP contribution is -2.51. The molecule has 1 aliphatic rings. The lowest BCUT2D eigenvalue weighted by molar-refractivity contribution is -0.165. The molecule has 0 heterocycles. The largest absolute Gasteiger partial charge is 0.469 e. The smallest absolute Gasteiger partial charge is 0.314 e. The predicted molar refractivity (Wildman–Crippen MR) is 76.0 cm³/mol. The molecule has 0 radical (unpaired) electrons. The van der Waals surface area contributed by atoms with Crippen molar-refractivity contribution in [3.05, 3.63) is 0 Å². The summed E-state index contributed by atoms with van der Waals surface area (Å²) in [5.74, 6) is 0.506. The Labute approximate surface area is 112 Å². The van der Waals surface area contributed by atoms with E-state index in [1.165, 1.54) is 7.11 Å². The van der Waals surface area contributed by atoms with Gasteiger partial charge in [-0.3, -0.25) is 4.79 Å². The SMILES string of the molecule is COC(=O)[C@]1(CO[Si](C)(C)C(C)(C)C)C[C@@H](C)C1. The Bertz CT molecular complexity index is 311. The van der Waals surface area contributed by atoms with Gasteiger partial charge in [0, 0.05) is 0 Å². The zero-order valence-electron chi connectivity index (χ0n) is 12.9. The highest BCUT2D eigenvalue weighted by molar-refractivity contribution is 6.74. The van der Waals surface area contributed by atoms with Crippen LogP contribution in [-0.4, -0.2) is 28.0 Å². The first-order valence-corrected chi connectivity index (χ1v) is 9.67. The number of hydrogen-bond acceptors (Lipinski definition) is 3. The molecule has 106 valence electrons. The zero-order valence-corrected chi connectivity index (χ0v) is 13.9. The molecule has 1 rings (SSSR count). The van der Waals surface area contributed by atoms with Crippen LogP contribution in [0.5, 0.6) is 0 Å². The molecule has 18 heavy (non-hydrogen) atoms. The molecule has 0 amide bonds. The number of ether oxygens (including phenoxy) is 1. The Morgan fingerprint density at radius 2 is 1.83 bits per heavy atom. The molecule has 4 heteroatoms. The fraction of sp³-hybridized carbons (Fsp3) is 0.929. The number of esters is 1. The average molecular weight is 272 g/mol. The van der Waals surface area contributed by atoms with Crippen molar-refractivity contribution in [3.63, 3.8) is 0 Å². The zero-order chi connectivity index (χ0) is 14.2. The second kappa shape index (κ2) is 4.97. The maximum atomic E-state index is 11.9. The van der Waals surface area contributed by atoms with Crippen LogP contribution < -0.4 is 0 Å². The molecule has 0 N–H and O–H groups in total. The minimum absolute atomic E-state index is 0.0979. The summed E-state index contributed by atoms with van der Waals surface area (Å²) in [6.45, 7) is 13.8. The van der Waals surface area contributed by atoms with Gasteiger partial charge in [0.2, 0.25) is 0 Å². The fourth-order valence-electron chi connectivity index (χ4n) is 2.37. The van der Waals surface area contributed by atoms with Crippen molar-refractivity contribution < 1.29 is 14.0 Å². The van der Waals surface area contributed by atoms with Gasteiger partial charge < -0.3 is 9.16 Å². The van der Waals surface area contributed by atoms with Crippen molar-refractivity contribution in [2.75, 3.05) is 13.7 Å². The molecular formula is C14H28O3Si. The highest BCUT2D eigenvalue weighted by atomic mass is 28.4. The third-order valence-corrected chi connectivity index (χ3v) is 9.09. The summed E-state index contributed by atoms with van der Waals surface area (Å²) < 4.78 is 11.2. The first kappa shape index (κ1) is 15.7. The molecule has 0 bridgehead atoms. The normalized spacial score (nSPS) is 28.7. The van der Waals surface area contributed by atoms with Crippen molar-refractivity contribution in [2.45, 2.75) is 58.7 Å². The second-order valence-corrected chi connectivity index (χ2v) is 12.1. The molecule has 0 aromatic carbocycles. The van der Waals surface area contributed by atoms with Gasteiger partial charge in [-0.15, -0.1) is 0 Å². The minimum Gasteiger partial charge on any atom is -0.469 e. The molecule has 3 nitrogen and oxygen atoms in total. The molecule has 0 aromatic heterocycles. The number of hydrogen-bond donors (Lipinski definition) is 0. The highest BCUT2D eigenvalue weighted by Crippen LogP contribution is 2.48. The molecule has 1 fully saturated rings. The molecule has 0 atom stereocenters. The first-order chi connectivity index (χ1) is 8.04. The van der Waals surface area contributed by atoms with E-state index in [2.05, 4.69) is 40.8 Å². The molecule has 1 aliphatic carbocycles. The maximum absolute atomic E-state index is 11.9. The van der Waals surface area contributed by atoms with E-state index in [0.717, 1.165) is 12.8 Å². The Morgan fingerprint density at radius 1 is 1.33 bits per heavy atom. The topological polar surface area (TPSA) is 35.5 Å². The van der Waals surface area contributed by atoms with Crippen LogP contribution in [-0.2, 0) is 14.0 Å². The molecule has 1 saturated carbocycles. The van der Waals surface area contributed by atoms with Crippen LogP contribution in [0.4, 0.5) is 0 Å². The summed E-state index contributed by atoms with van der Waals surface area (Å²) in [4.78, 5) is 11.9. The van der Waals surface area contributed by atoms with Crippen LogP contribution in [0.15, 0.2) is 0 Å². The van der Waals surface area contributed by atoms with Crippen LogP contribution >= 0.6 is 0 Å². The summed E-state index contributed by atoms with van der Waals surface area (Å²) in [5, 5.41) is 0.180. The highest BCUT2D eigenvalue weighted by Gasteiger charge is 2.51. The van der Waals surface area contributed by atoms with Gasteiger partial charge in [-0.05, 0) is 36.9 Å². The van der Waals surface area contributed by atoms with Crippen LogP contribution in [0.25, 0.3) is 0 Å². The summed E-state index contributed by atoms with van der Waals surface area (Å²) in [6.07, 6.45) is 1.79. The van der Waals surface area contributed by atoms with E-state index in [0.29, 0.717) is 12.5 Å². The van der Waals surface area contributed by atoms with Gasteiger partial charge >= 0.3 is 5.97 Å². The molecule has 0 saturated heterocycles. The number of carbonyl (C=O) groups excluding carboxylic acids is 1. The first-order valence-electron chi connectivity index (χ1n) is 6.76. The summed E-state index contributed by atoms with van der Waals surface area (Å²) >= 11 is 0. The summed E-state index contributed by atoms with van der Waals surface area (Å²) in [5.41, 5.74) is -0.371. The van der Waals surface area contributed by atoms with Gasteiger partial charge in [0.25, 0.3) is 0 Å². The van der Waals surface area contributed by atoms with Gasteiger partial charge in [-0.25, -0.2) is 0 Å². The molecule has 0 unspecified atom stereocenters. The standard InChI is InChI=1S/C14H28O3Si/c1-11-8-14(9-11,12(15)16-5)10-17-18(6,7)13(2,3)4/h11H,8-10H2,1-7H3/t11-,14-. The van der Waals surface area contributed by atoms with Crippen molar-refractivity contribution in [2.24, 2.45) is 11.3 Å². The molecular weight excluding hydrogens is 244 g/mol. The van der Waals surface area contributed by atoms with E-state index in [4.69, 9.17) is 9.16 Å². The van der Waals surface area contributed by atoms with Gasteiger partial charge in [-0.1, -0.05) is 27.7 Å². The quantitative estimate of drug-likeness (QED) is 0.579. The number of methoxy groups -OCH3 is 1. The van der Waals surface area contributed by atoms with E-state index in [9.17, 15) is 4.79 Å². The third-order valence-electron chi connectivity index (χ3n) is 4.61. The molecule has 0 spiro atoms. The lowest BCUT2D eigenvalue weighted by atomic mass is 9.63. The Balaban J connectivity index is 2.68. The lowest BCUT2D eigenvalue weighted by Gasteiger charge is -2.46. The predicted octanol–water partition coefficient (Wildman–Crippen LogP) is 3.60. The van der Waals surface area contributed by atoms with E-state index >= 15 is 0 Å². The van der Waals surface area contributed by atoms with Gasteiger partial charge in [-0.2, -0.15) is 0 Å². The number of rotatable bonds is 4. The minimum atomic E-state index is -1.79. The summed E-state index contributed by atoms with van der Waals surface area (Å²) in [7, 11) is -0.314. The van der Waals surface area contributed by atoms with Gasteiger partial charge in [0.1, 0.15) is 0 Å². The third kappa shape index (κ3) is 2.97. The van der Waals surface area contributed by atoms with Crippen LogP contribution in [0.2, 0.25) is 18.1 Å². The molecule has 0 aromatic rings. The Kier molecular flexibility index (Phi) is 4.33. The Morgan fingerprint density at radius 3 is 2.17 bits per heavy atom. The second-order valence-electron chi connectivity index (χ2n) is 7.33. The van der Waals surface area contributed by atoms with Gasteiger partial charge in [0.05, 0.1) is 19.1 Å². The fourth-order valence-corrected chi connectivity index (χ4v) is 3.44. The van der Waals surface area contributed by atoms with Crippen LogP contribution in [0, 0.1) is 11.3 Å². The monoisotopic (exact) mass is 272 g/mol. The van der Waals surface area contributed by atoms with Crippen LogP contribution in [0.3, 0.4) is 0 Å². The molecule has 0 aliphatic heterocycles. The number of carbonyl (C=O) groups is 1. The van der Waals surface area contributed by atoms with Crippen molar-refractivity contribution in [3.8, 4) is 0 Å². The van der Waals surface area contributed by atoms with E-state index in [-0.39, 0.29) is 16.4 Å². The van der Waals surface area contributed by atoms with E-state index in [1.807, 2.05) is 0 Å². The van der Waals surface area contributed by atoms with E-state index < -0.39 is 8.32 Å². The van der Waals surface area contributed by atoms with E-state index in [1.54, 1.807) is 0 Å². The van der Waals surface area contributed by atoms with Crippen LogP contribution in [0.1, 0.15) is 40.5 Å². The summed E-state index contributed by atoms with van der Waals surface area (Å²) in [6, 6.07) is 0. The van der Waals surface area contributed by atoms with Gasteiger partial charge in [0.15, 0.2) is 8.32 Å². The Hall–Kier alpha value is -0.353. The maximum Gasteiger partial charge on any atom is 0.314 e.